The zero-order chi connectivity index (χ0) is 12.0. The summed E-state index contributed by atoms with van der Waals surface area (Å²) in [5, 5.41) is 9.24. The monoisotopic (exact) mass is 232 g/mol. The largest absolute Gasteiger partial charge is 0.364 e. The number of halogens is 1. The average molecular weight is 233 g/mol. The first-order valence-corrected chi connectivity index (χ1v) is 5.27. The van der Waals surface area contributed by atoms with Crippen LogP contribution in [0.1, 0.15) is 5.56 Å². The van der Waals surface area contributed by atoms with Crippen LogP contribution in [0.3, 0.4) is 0 Å². The summed E-state index contributed by atoms with van der Waals surface area (Å²) in [5.41, 5.74) is 1.45. The van der Waals surface area contributed by atoms with Gasteiger partial charge in [-0.05, 0) is 18.2 Å². The standard InChI is InChI=1S/C13H13ClN2/c1-3-7-16(8-4-2)12-6-5-11(10-15)13(14)9-12/h3-6,9H,1-2,7-8H2. The Morgan fingerprint density at radius 3 is 2.38 bits per heavy atom. The summed E-state index contributed by atoms with van der Waals surface area (Å²) in [4.78, 5) is 2.06. The van der Waals surface area contributed by atoms with Crippen molar-refractivity contribution < 1.29 is 0 Å². The molecule has 0 aliphatic rings. The molecule has 3 heteroatoms. The van der Waals surface area contributed by atoms with E-state index in [9.17, 15) is 0 Å². The van der Waals surface area contributed by atoms with Crippen LogP contribution in [-0.2, 0) is 0 Å². The highest BCUT2D eigenvalue weighted by molar-refractivity contribution is 6.32. The Hall–Kier alpha value is -1.72. The fourth-order valence-corrected chi connectivity index (χ4v) is 1.61. The van der Waals surface area contributed by atoms with E-state index in [0.29, 0.717) is 23.7 Å². The minimum Gasteiger partial charge on any atom is -0.364 e. The van der Waals surface area contributed by atoms with E-state index in [1.54, 1.807) is 12.1 Å². The number of rotatable bonds is 5. The molecule has 0 aliphatic carbocycles. The summed E-state index contributed by atoms with van der Waals surface area (Å²) in [6.45, 7) is 8.84. The van der Waals surface area contributed by atoms with Crippen molar-refractivity contribution in [3.05, 3.63) is 54.1 Å². The Morgan fingerprint density at radius 2 is 1.94 bits per heavy atom. The molecule has 82 valence electrons. The Labute approximate surface area is 101 Å². The summed E-state index contributed by atoms with van der Waals surface area (Å²) in [5.74, 6) is 0. The molecule has 2 nitrogen and oxygen atoms in total. The highest BCUT2D eigenvalue weighted by atomic mass is 35.5. The van der Waals surface area contributed by atoms with Crippen LogP contribution >= 0.6 is 11.6 Å². The fourth-order valence-electron chi connectivity index (χ4n) is 1.39. The van der Waals surface area contributed by atoms with Gasteiger partial charge in [0.2, 0.25) is 0 Å². The first-order valence-electron chi connectivity index (χ1n) is 4.89. The second kappa shape index (κ2) is 5.99. The second-order valence-corrected chi connectivity index (χ2v) is 3.67. The molecule has 0 atom stereocenters. The molecular formula is C13H13ClN2. The van der Waals surface area contributed by atoms with Crippen molar-refractivity contribution in [2.75, 3.05) is 18.0 Å². The van der Waals surface area contributed by atoms with E-state index >= 15 is 0 Å². The lowest BCUT2D eigenvalue weighted by Gasteiger charge is -2.21. The predicted molar refractivity (Wildman–Crippen MR) is 68.8 cm³/mol. The maximum atomic E-state index is 8.77. The number of nitriles is 1. The van der Waals surface area contributed by atoms with Gasteiger partial charge in [-0.3, -0.25) is 0 Å². The number of hydrogen-bond donors (Lipinski definition) is 0. The summed E-state index contributed by atoms with van der Waals surface area (Å²) >= 11 is 5.97. The molecular weight excluding hydrogens is 220 g/mol. The SMILES string of the molecule is C=CCN(CC=C)c1ccc(C#N)c(Cl)c1. The molecule has 1 rings (SSSR count). The lowest BCUT2D eigenvalue weighted by molar-refractivity contribution is 0.957. The van der Waals surface area contributed by atoms with Crippen molar-refractivity contribution >= 4 is 17.3 Å². The fraction of sp³-hybridized carbons (Fsp3) is 0.154. The third-order valence-corrected chi connectivity index (χ3v) is 2.45. The molecule has 0 heterocycles. The molecule has 1 aromatic rings. The first-order chi connectivity index (χ1) is 7.72. The van der Waals surface area contributed by atoms with Crippen LogP contribution in [0.5, 0.6) is 0 Å². The second-order valence-electron chi connectivity index (χ2n) is 3.26. The van der Waals surface area contributed by atoms with Crippen molar-refractivity contribution in [1.82, 2.24) is 0 Å². The molecule has 16 heavy (non-hydrogen) atoms. The van der Waals surface area contributed by atoms with Crippen LogP contribution in [0.2, 0.25) is 5.02 Å². The van der Waals surface area contributed by atoms with Crippen molar-refractivity contribution in [1.29, 1.82) is 5.26 Å². The maximum Gasteiger partial charge on any atom is 0.101 e. The number of benzene rings is 1. The van der Waals surface area contributed by atoms with Gasteiger partial charge in [-0.2, -0.15) is 5.26 Å². The van der Waals surface area contributed by atoms with Gasteiger partial charge in [0.1, 0.15) is 6.07 Å². The van der Waals surface area contributed by atoms with Gasteiger partial charge in [0, 0.05) is 18.8 Å². The third-order valence-electron chi connectivity index (χ3n) is 2.14. The molecule has 0 fully saturated rings. The van der Waals surface area contributed by atoms with Gasteiger partial charge in [-0.15, -0.1) is 13.2 Å². The minimum absolute atomic E-state index is 0.470. The summed E-state index contributed by atoms with van der Waals surface area (Å²) in [6, 6.07) is 7.41. The Morgan fingerprint density at radius 1 is 1.31 bits per heavy atom. The average Bonchev–Trinajstić information content (AvgIpc) is 2.28. The van der Waals surface area contributed by atoms with E-state index in [1.165, 1.54) is 0 Å². The molecule has 0 spiro atoms. The van der Waals surface area contributed by atoms with E-state index in [0.717, 1.165) is 5.69 Å². The van der Waals surface area contributed by atoms with Crippen molar-refractivity contribution in [3.8, 4) is 6.07 Å². The zero-order valence-electron chi connectivity index (χ0n) is 8.99. The van der Waals surface area contributed by atoms with Gasteiger partial charge in [0.25, 0.3) is 0 Å². The highest BCUT2D eigenvalue weighted by Crippen LogP contribution is 2.23. The van der Waals surface area contributed by atoms with Crippen molar-refractivity contribution in [3.63, 3.8) is 0 Å². The van der Waals surface area contributed by atoms with E-state index in [4.69, 9.17) is 16.9 Å². The summed E-state index contributed by atoms with van der Waals surface area (Å²) < 4.78 is 0. The quantitative estimate of drug-likeness (QED) is 0.728. The Balaban J connectivity index is 3.01. The molecule has 0 unspecified atom stereocenters. The molecule has 0 saturated carbocycles. The van der Waals surface area contributed by atoms with E-state index < -0.39 is 0 Å². The smallest absolute Gasteiger partial charge is 0.101 e. The highest BCUT2D eigenvalue weighted by Gasteiger charge is 2.06. The van der Waals surface area contributed by atoms with Crippen LogP contribution in [0.25, 0.3) is 0 Å². The van der Waals surface area contributed by atoms with Crippen LogP contribution in [0, 0.1) is 11.3 Å². The third kappa shape index (κ3) is 2.88. The van der Waals surface area contributed by atoms with Gasteiger partial charge >= 0.3 is 0 Å². The van der Waals surface area contributed by atoms with Crippen molar-refractivity contribution in [2.24, 2.45) is 0 Å². The topological polar surface area (TPSA) is 27.0 Å². The molecule has 0 aliphatic heterocycles. The maximum absolute atomic E-state index is 8.77. The lowest BCUT2D eigenvalue weighted by atomic mass is 10.2. The first kappa shape index (κ1) is 12.4. The van der Waals surface area contributed by atoms with E-state index in [-0.39, 0.29) is 0 Å². The molecule has 0 N–H and O–H groups in total. The predicted octanol–water partition coefficient (Wildman–Crippen LogP) is 3.39. The van der Waals surface area contributed by atoms with Gasteiger partial charge in [-0.25, -0.2) is 0 Å². The summed E-state index contributed by atoms with van der Waals surface area (Å²) in [7, 11) is 0. The summed E-state index contributed by atoms with van der Waals surface area (Å²) in [6.07, 6.45) is 3.63. The van der Waals surface area contributed by atoms with Gasteiger partial charge in [-0.1, -0.05) is 23.8 Å². The molecule has 0 radical (unpaired) electrons. The van der Waals surface area contributed by atoms with Gasteiger partial charge in [0.05, 0.1) is 10.6 Å². The molecule has 1 aromatic carbocycles. The zero-order valence-corrected chi connectivity index (χ0v) is 9.74. The van der Waals surface area contributed by atoms with E-state index in [1.807, 2.05) is 24.3 Å². The Kier molecular flexibility index (Phi) is 4.63. The van der Waals surface area contributed by atoms with Gasteiger partial charge < -0.3 is 4.90 Å². The van der Waals surface area contributed by atoms with Crippen LogP contribution < -0.4 is 4.90 Å². The van der Waals surface area contributed by atoms with Crippen LogP contribution in [0.15, 0.2) is 43.5 Å². The Bertz CT molecular complexity index is 422. The van der Waals surface area contributed by atoms with E-state index in [2.05, 4.69) is 18.1 Å². The lowest BCUT2D eigenvalue weighted by Crippen LogP contribution is -2.22. The molecule has 0 amide bonds. The molecule has 0 bridgehead atoms. The normalized spacial score (nSPS) is 9.25. The van der Waals surface area contributed by atoms with Crippen LogP contribution in [0.4, 0.5) is 5.69 Å². The number of nitrogens with zero attached hydrogens (tertiary/aromatic N) is 2. The number of anilines is 1. The van der Waals surface area contributed by atoms with Crippen molar-refractivity contribution in [2.45, 2.75) is 0 Å². The molecule has 0 aromatic heterocycles. The minimum atomic E-state index is 0.470. The van der Waals surface area contributed by atoms with Crippen LogP contribution in [-0.4, -0.2) is 13.1 Å². The number of hydrogen-bond acceptors (Lipinski definition) is 2. The molecule has 0 saturated heterocycles. The van der Waals surface area contributed by atoms with Gasteiger partial charge in [0.15, 0.2) is 0 Å².